The quantitative estimate of drug-likeness (QED) is 0.859. The van der Waals surface area contributed by atoms with Crippen molar-refractivity contribution in [1.29, 1.82) is 0 Å². The van der Waals surface area contributed by atoms with E-state index >= 15 is 0 Å². The number of halogens is 3. The molecular formula is C13H13ClF2N2O. The highest BCUT2D eigenvalue weighted by molar-refractivity contribution is 6.27. The van der Waals surface area contributed by atoms with Crippen molar-refractivity contribution < 1.29 is 13.6 Å². The highest BCUT2D eigenvalue weighted by Gasteiger charge is 2.56. The highest BCUT2D eigenvalue weighted by Crippen LogP contribution is 2.47. The molecule has 0 aromatic heterocycles. The van der Waals surface area contributed by atoms with E-state index in [-0.39, 0.29) is 17.8 Å². The molecule has 0 spiro atoms. The summed E-state index contributed by atoms with van der Waals surface area (Å²) in [5, 5.41) is 2.85. The number of benzene rings is 1. The summed E-state index contributed by atoms with van der Waals surface area (Å²) >= 11 is 5.43. The average Bonchev–Trinajstić information content (AvgIpc) is 2.83. The number of nitrogens with one attached hydrogen (secondary N) is 1. The first-order valence-corrected chi connectivity index (χ1v) is 6.69. The minimum absolute atomic E-state index is 0.0355. The molecule has 2 fully saturated rings. The summed E-state index contributed by atoms with van der Waals surface area (Å²) < 4.78 is 26.5. The first-order chi connectivity index (χ1) is 9.10. The Balaban J connectivity index is 1.63. The monoisotopic (exact) mass is 286 g/mol. The Morgan fingerprint density at radius 3 is 2.63 bits per heavy atom. The van der Waals surface area contributed by atoms with E-state index in [9.17, 15) is 13.6 Å². The Morgan fingerprint density at radius 2 is 2.05 bits per heavy atom. The third kappa shape index (κ3) is 2.27. The lowest BCUT2D eigenvalue weighted by molar-refractivity contribution is -0.118. The van der Waals surface area contributed by atoms with Crippen LogP contribution in [0.3, 0.4) is 0 Å². The number of nitrogens with zero attached hydrogens (tertiary/aromatic N) is 1. The summed E-state index contributed by atoms with van der Waals surface area (Å²) in [6.07, 6.45) is 0. The smallest absolute Gasteiger partial charge is 0.235 e. The van der Waals surface area contributed by atoms with Gasteiger partial charge in [0.25, 0.3) is 0 Å². The van der Waals surface area contributed by atoms with E-state index in [1.807, 2.05) is 4.90 Å². The summed E-state index contributed by atoms with van der Waals surface area (Å²) in [6.45, 7) is 1.36. The Hall–Kier alpha value is -1.36. The van der Waals surface area contributed by atoms with E-state index in [1.165, 1.54) is 12.1 Å². The number of rotatable bonds is 3. The topological polar surface area (TPSA) is 32.3 Å². The standard InChI is InChI=1S/C13H13ClF2N2O/c14-4-12(19)17-13-8-5-18(6-9(8)13)11-2-1-7(15)3-10(11)16/h1-3,8-9,13H,4-6H2,(H,17,19). The number of hydrogen-bond acceptors (Lipinski definition) is 2. The molecule has 1 aliphatic heterocycles. The Morgan fingerprint density at radius 1 is 1.37 bits per heavy atom. The maximum atomic E-state index is 13.6. The Bertz CT molecular complexity index is 513. The predicted octanol–water partition coefficient (Wildman–Crippen LogP) is 1.75. The molecule has 2 unspecified atom stereocenters. The predicted molar refractivity (Wildman–Crippen MR) is 68.2 cm³/mol. The first-order valence-electron chi connectivity index (χ1n) is 6.15. The van der Waals surface area contributed by atoms with Gasteiger partial charge in [-0.05, 0) is 12.1 Å². The van der Waals surface area contributed by atoms with Crippen molar-refractivity contribution in [2.75, 3.05) is 23.9 Å². The van der Waals surface area contributed by atoms with Crippen molar-refractivity contribution in [3.8, 4) is 0 Å². The largest absolute Gasteiger partial charge is 0.368 e. The number of amides is 1. The van der Waals surface area contributed by atoms with Crippen LogP contribution in [0.25, 0.3) is 0 Å². The first kappa shape index (κ1) is 12.7. The van der Waals surface area contributed by atoms with Gasteiger partial charge in [0.15, 0.2) is 0 Å². The van der Waals surface area contributed by atoms with Crippen molar-refractivity contribution in [2.45, 2.75) is 6.04 Å². The van der Waals surface area contributed by atoms with Crippen LogP contribution in [-0.2, 0) is 4.79 Å². The Kier molecular flexibility index (Phi) is 3.09. The van der Waals surface area contributed by atoms with Gasteiger partial charge in [0, 0.05) is 37.0 Å². The molecule has 6 heteroatoms. The minimum atomic E-state index is -0.571. The van der Waals surface area contributed by atoms with Crippen LogP contribution in [0.5, 0.6) is 0 Å². The second-order valence-corrected chi connectivity index (χ2v) is 5.32. The van der Waals surface area contributed by atoms with Crippen LogP contribution in [-0.4, -0.2) is 30.9 Å². The van der Waals surface area contributed by atoms with Gasteiger partial charge in [-0.15, -0.1) is 11.6 Å². The lowest BCUT2D eigenvalue weighted by atomic mass is 10.2. The normalized spacial score (nSPS) is 28.2. The van der Waals surface area contributed by atoms with Crippen molar-refractivity contribution in [2.24, 2.45) is 11.8 Å². The zero-order chi connectivity index (χ0) is 13.6. The van der Waals surface area contributed by atoms with Crippen molar-refractivity contribution in [1.82, 2.24) is 5.32 Å². The number of carbonyl (C=O) groups is 1. The van der Waals surface area contributed by atoms with Crippen LogP contribution in [0.15, 0.2) is 18.2 Å². The van der Waals surface area contributed by atoms with Gasteiger partial charge >= 0.3 is 0 Å². The van der Waals surface area contributed by atoms with Gasteiger partial charge < -0.3 is 10.2 Å². The van der Waals surface area contributed by atoms with Crippen LogP contribution >= 0.6 is 11.6 Å². The fourth-order valence-electron chi connectivity index (χ4n) is 2.90. The fraction of sp³-hybridized carbons (Fsp3) is 0.462. The second kappa shape index (κ2) is 4.63. The summed E-state index contributed by atoms with van der Waals surface area (Å²) in [7, 11) is 0. The van der Waals surface area contributed by atoms with Crippen molar-refractivity contribution in [3.05, 3.63) is 29.8 Å². The maximum absolute atomic E-state index is 13.6. The molecule has 0 radical (unpaired) electrons. The molecule has 1 aliphatic carbocycles. The number of alkyl halides is 1. The molecule has 0 bridgehead atoms. The minimum Gasteiger partial charge on any atom is -0.368 e. The van der Waals surface area contributed by atoms with Gasteiger partial charge in [0.1, 0.15) is 17.5 Å². The van der Waals surface area contributed by atoms with Crippen LogP contribution in [0, 0.1) is 23.5 Å². The number of hydrogen-bond donors (Lipinski definition) is 1. The molecule has 1 amide bonds. The molecule has 19 heavy (non-hydrogen) atoms. The van der Waals surface area contributed by atoms with Gasteiger partial charge in [0.2, 0.25) is 5.91 Å². The van der Waals surface area contributed by atoms with E-state index in [1.54, 1.807) is 0 Å². The van der Waals surface area contributed by atoms with E-state index in [4.69, 9.17) is 11.6 Å². The number of piperidine rings is 1. The van der Waals surface area contributed by atoms with Gasteiger partial charge in [0.05, 0.1) is 5.69 Å². The van der Waals surface area contributed by atoms with E-state index in [0.717, 1.165) is 6.07 Å². The number of carbonyl (C=O) groups excluding carboxylic acids is 1. The molecule has 2 atom stereocenters. The Labute approximate surface area is 114 Å². The summed E-state index contributed by atoms with van der Waals surface area (Å²) in [5.41, 5.74) is 0.427. The van der Waals surface area contributed by atoms with Crippen LogP contribution in [0.2, 0.25) is 0 Å². The van der Waals surface area contributed by atoms with Gasteiger partial charge in [-0.1, -0.05) is 0 Å². The number of fused-ring (bicyclic) bond motifs is 1. The third-order valence-electron chi connectivity index (χ3n) is 3.89. The molecule has 2 aliphatic rings. The maximum Gasteiger partial charge on any atom is 0.235 e. The molecule has 1 saturated carbocycles. The van der Waals surface area contributed by atoms with E-state index in [2.05, 4.69) is 5.32 Å². The van der Waals surface area contributed by atoms with Crippen molar-refractivity contribution >= 4 is 23.2 Å². The SMILES string of the molecule is O=C(CCl)NC1C2CN(c3ccc(F)cc3F)CC21. The van der Waals surface area contributed by atoms with E-state index in [0.29, 0.717) is 30.6 Å². The average molecular weight is 287 g/mol. The summed E-state index contributed by atoms with van der Waals surface area (Å²) in [4.78, 5) is 13.1. The molecule has 102 valence electrons. The number of anilines is 1. The molecule has 1 saturated heterocycles. The molecule has 3 nitrogen and oxygen atoms in total. The van der Waals surface area contributed by atoms with Crippen LogP contribution in [0.4, 0.5) is 14.5 Å². The lowest BCUT2D eigenvalue weighted by Crippen LogP contribution is -2.35. The van der Waals surface area contributed by atoms with Gasteiger partial charge in [-0.25, -0.2) is 8.78 Å². The third-order valence-corrected chi connectivity index (χ3v) is 4.14. The lowest BCUT2D eigenvalue weighted by Gasteiger charge is -2.22. The van der Waals surface area contributed by atoms with Gasteiger partial charge in [-0.2, -0.15) is 0 Å². The van der Waals surface area contributed by atoms with Gasteiger partial charge in [-0.3, -0.25) is 4.79 Å². The van der Waals surface area contributed by atoms with Crippen LogP contribution < -0.4 is 10.2 Å². The highest BCUT2D eigenvalue weighted by atomic mass is 35.5. The molecule has 1 heterocycles. The zero-order valence-corrected chi connectivity index (χ0v) is 10.8. The zero-order valence-electron chi connectivity index (χ0n) is 10.1. The van der Waals surface area contributed by atoms with Crippen molar-refractivity contribution in [3.63, 3.8) is 0 Å². The molecule has 3 rings (SSSR count). The fourth-order valence-corrected chi connectivity index (χ4v) is 2.98. The molecule has 1 N–H and O–H groups in total. The molecule has 1 aromatic carbocycles. The molecular weight excluding hydrogens is 274 g/mol. The second-order valence-electron chi connectivity index (χ2n) is 5.06. The van der Waals surface area contributed by atoms with E-state index < -0.39 is 11.6 Å². The summed E-state index contributed by atoms with van der Waals surface area (Å²) in [6, 6.07) is 3.77. The summed E-state index contributed by atoms with van der Waals surface area (Å²) in [5.74, 6) is -0.624. The van der Waals surface area contributed by atoms with Crippen LogP contribution in [0.1, 0.15) is 0 Å². The molecule has 1 aromatic rings.